The Morgan fingerprint density at radius 3 is 2.48 bits per heavy atom. The summed E-state index contributed by atoms with van der Waals surface area (Å²) >= 11 is 12.5. The van der Waals surface area contributed by atoms with Crippen molar-refractivity contribution >= 4 is 40.8 Å². The van der Waals surface area contributed by atoms with E-state index >= 15 is 0 Å². The van der Waals surface area contributed by atoms with Crippen molar-refractivity contribution in [3.05, 3.63) is 45.4 Å². The minimum Gasteiger partial charge on any atom is -0.454 e. The van der Waals surface area contributed by atoms with Gasteiger partial charge in [0.05, 0.1) is 15.7 Å². The Morgan fingerprint density at radius 2 is 1.87 bits per heavy atom. The summed E-state index contributed by atoms with van der Waals surface area (Å²) in [6.45, 7) is 2.07. The number of nitrogens with zero attached hydrogens (tertiary/aromatic N) is 1. The first-order chi connectivity index (χ1) is 11.0. The van der Waals surface area contributed by atoms with Crippen LogP contribution < -0.4 is 10.5 Å². The molecule has 3 nitrogen and oxygen atoms in total. The van der Waals surface area contributed by atoms with Gasteiger partial charge in [-0.05, 0) is 55.2 Å². The number of nitrogen functional groups attached to an aromatic ring is 1. The Hall–Kier alpha value is -1.71. The van der Waals surface area contributed by atoms with E-state index < -0.39 is 0 Å². The van der Waals surface area contributed by atoms with Gasteiger partial charge in [0.1, 0.15) is 5.75 Å². The van der Waals surface area contributed by atoms with Crippen molar-refractivity contribution in [1.29, 1.82) is 0 Å². The molecule has 2 aliphatic rings. The van der Waals surface area contributed by atoms with Gasteiger partial charge in [-0.2, -0.15) is 0 Å². The van der Waals surface area contributed by atoms with Gasteiger partial charge in [0, 0.05) is 17.3 Å². The maximum atomic E-state index is 6.23. The molecule has 4 rings (SSSR count). The summed E-state index contributed by atoms with van der Waals surface area (Å²) < 4.78 is 6.04. The fourth-order valence-corrected chi connectivity index (χ4v) is 4.09. The van der Waals surface area contributed by atoms with Crippen LogP contribution in [-0.2, 0) is 5.41 Å². The number of fused-ring (bicyclic) bond motifs is 2. The van der Waals surface area contributed by atoms with Gasteiger partial charge in [0.25, 0.3) is 0 Å². The first-order valence-corrected chi connectivity index (χ1v) is 8.37. The molecule has 0 aromatic heterocycles. The van der Waals surface area contributed by atoms with Crippen molar-refractivity contribution < 1.29 is 4.74 Å². The van der Waals surface area contributed by atoms with E-state index in [1.807, 2.05) is 12.1 Å². The molecule has 1 saturated carbocycles. The quantitative estimate of drug-likeness (QED) is 0.697. The number of hydrogen-bond donors (Lipinski definition) is 1. The highest BCUT2D eigenvalue weighted by atomic mass is 35.5. The van der Waals surface area contributed by atoms with Crippen LogP contribution >= 0.6 is 23.2 Å². The smallest absolute Gasteiger partial charge is 0.164 e. The lowest BCUT2D eigenvalue weighted by Gasteiger charge is -2.37. The molecule has 1 fully saturated rings. The van der Waals surface area contributed by atoms with Gasteiger partial charge in [-0.15, -0.1) is 0 Å². The molecule has 118 valence electrons. The molecule has 1 aliphatic heterocycles. The largest absolute Gasteiger partial charge is 0.454 e. The second kappa shape index (κ2) is 5.15. The molecule has 0 saturated heterocycles. The summed E-state index contributed by atoms with van der Waals surface area (Å²) in [7, 11) is 0. The van der Waals surface area contributed by atoms with Gasteiger partial charge >= 0.3 is 0 Å². The first-order valence-electron chi connectivity index (χ1n) is 7.62. The van der Waals surface area contributed by atoms with E-state index in [-0.39, 0.29) is 5.41 Å². The second-order valence-electron chi connectivity index (χ2n) is 6.27. The van der Waals surface area contributed by atoms with E-state index in [0.717, 1.165) is 29.8 Å². The van der Waals surface area contributed by atoms with E-state index in [4.69, 9.17) is 33.7 Å². The normalized spacial score (nSPS) is 17.2. The van der Waals surface area contributed by atoms with Crippen LogP contribution in [0, 0.1) is 6.92 Å². The number of anilines is 1. The van der Waals surface area contributed by atoms with Gasteiger partial charge < -0.3 is 10.5 Å². The zero-order valence-electron chi connectivity index (χ0n) is 12.7. The Morgan fingerprint density at radius 1 is 1.17 bits per heavy atom. The number of halogens is 2. The number of aliphatic imine (C=N–C) groups is 1. The lowest BCUT2D eigenvalue weighted by molar-refractivity contribution is 0.351. The summed E-state index contributed by atoms with van der Waals surface area (Å²) in [6, 6.07) is 7.20. The lowest BCUT2D eigenvalue weighted by Crippen LogP contribution is -2.34. The summed E-state index contributed by atoms with van der Waals surface area (Å²) in [5, 5.41) is 0.814. The van der Waals surface area contributed by atoms with Gasteiger partial charge in [-0.3, -0.25) is 4.99 Å². The fourth-order valence-electron chi connectivity index (χ4n) is 3.51. The summed E-state index contributed by atoms with van der Waals surface area (Å²) in [5.41, 5.74) is 9.79. The average Bonchev–Trinajstić information content (AvgIpc) is 2.85. The Bertz CT molecular complexity index is 818. The Balaban J connectivity index is 1.77. The van der Waals surface area contributed by atoms with Crippen molar-refractivity contribution in [2.75, 3.05) is 5.73 Å². The van der Waals surface area contributed by atoms with Crippen LogP contribution in [0.2, 0.25) is 10.0 Å². The highest BCUT2D eigenvalue weighted by Crippen LogP contribution is 2.53. The molecule has 5 heteroatoms. The van der Waals surface area contributed by atoms with Crippen LogP contribution in [0.15, 0.2) is 29.3 Å². The predicted octanol–water partition coefficient (Wildman–Crippen LogP) is 5.81. The van der Waals surface area contributed by atoms with Crippen LogP contribution in [0.25, 0.3) is 0 Å². The molecule has 1 heterocycles. The molecule has 2 aromatic rings. The van der Waals surface area contributed by atoms with E-state index in [0.29, 0.717) is 21.5 Å². The third kappa shape index (κ3) is 2.22. The molecule has 2 N–H and O–H groups in total. The Labute approximate surface area is 145 Å². The van der Waals surface area contributed by atoms with Crippen molar-refractivity contribution in [1.82, 2.24) is 0 Å². The fraction of sp³-hybridized carbons (Fsp3) is 0.278. The Kier molecular flexibility index (Phi) is 3.33. The monoisotopic (exact) mass is 346 g/mol. The van der Waals surface area contributed by atoms with E-state index in [1.165, 1.54) is 12.0 Å². The van der Waals surface area contributed by atoms with Crippen LogP contribution in [0.4, 0.5) is 11.4 Å². The minimum atomic E-state index is 0.105. The molecule has 2 aromatic carbocycles. The first kappa shape index (κ1) is 14.9. The molecule has 23 heavy (non-hydrogen) atoms. The third-order valence-corrected chi connectivity index (χ3v) is 5.38. The van der Waals surface area contributed by atoms with Crippen molar-refractivity contribution in [2.45, 2.75) is 31.6 Å². The molecule has 0 bridgehead atoms. The average molecular weight is 347 g/mol. The lowest BCUT2D eigenvalue weighted by atomic mass is 9.65. The summed E-state index contributed by atoms with van der Waals surface area (Å²) in [4.78, 5) is 4.58. The zero-order chi connectivity index (χ0) is 16.2. The number of hydrogen-bond acceptors (Lipinski definition) is 3. The molecule has 0 amide bonds. The minimum absolute atomic E-state index is 0.105. The van der Waals surface area contributed by atoms with Crippen LogP contribution in [-0.4, -0.2) is 6.21 Å². The number of benzene rings is 2. The number of ether oxygens (including phenoxy) is 1. The molecular formula is C18H16Cl2N2O. The zero-order valence-corrected chi connectivity index (χ0v) is 14.2. The van der Waals surface area contributed by atoms with Crippen molar-refractivity contribution in [3.8, 4) is 11.5 Å². The van der Waals surface area contributed by atoms with E-state index in [9.17, 15) is 0 Å². The molecule has 1 spiro atoms. The highest BCUT2D eigenvalue weighted by Gasteiger charge is 2.43. The standard InChI is InChI=1S/C18H16Cl2N2O/c1-10-15(23-17-12(19)7-11(21)8-13(17)20)4-3-14-16(10)18(9-22-14)5-2-6-18/h3-4,7-9H,2,5-6,21H2,1H3. The second-order valence-corrected chi connectivity index (χ2v) is 7.08. The maximum Gasteiger partial charge on any atom is 0.164 e. The van der Waals surface area contributed by atoms with Gasteiger partial charge in [-0.25, -0.2) is 0 Å². The molecule has 1 aliphatic carbocycles. The highest BCUT2D eigenvalue weighted by molar-refractivity contribution is 6.37. The predicted molar refractivity (Wildman–Crippen MR) is 95.8 cm³/mol. The molecular weight excluding hydrogens is 331 g/mol. The van der Waals surface area contributed by atoms with Gasteiger partial charge in [-0.1, -0.05) is 29.6 Å². The maximum absolute atomic E-state index is 6.23. The van der Waals surface area contributed by atoms with E-state index in [2.05, 4.69) is 18.1 Å². The number of nitrogens with two attached hydrogens (primary N) is 1. The summed E-state index contributed by atoms with van der Waals surface area (Å²) in [5.74, 6) is 1.20. The van der Waals surface area contributed by atoms with Crippen LogP contribution in [0.5, 0.6) is 11.5 Å². The third-order valence-electron chi connectivity index (χ3n) is 4.82. The molecule has 0 radical (unpaired) electrons. The van der Waals surface area contributed by atoms with Gasteiger partial charge in [0.15, 0.2) is 5.75 Å². The van der Waals surface area contributed by atoms with E-state index in [1.54, 1.807) is 12.1 Å². The molecule has 0 atom stereocenters. The summed E-state index contributed by atoms with van der Waals surface area (Å²) in [6.07, 6.45) is 5.64. The van der Waals surface area contributed by atoms with Gasteiger partial charge in [0.2, 0.25) is 0 Å². The van der Waals surface area contributed by atoms with Crippen molar-refractivity contribution in [3.63, 3.8) is 0 Å². The SMILES string of the molecule is Cc1c(Oc2c(Cl)cc(N)cc2Cl)ccc2c1C1(C=N2)CCC1. The van der Waals surface area contributed by atoms with Crippen LogP contribution in [0.1, 0.15) is 30.4 Å². The van der Waals surface area contributed by atoms with Crippen LogP contribution in [0.3, 0.4) is 0 Å². The van der Waals surface area contributed by atoms with Crippen molar-refractivity contribution in [2.24, 2.45) is 4.99 Å². The molecule has 0 unspecified atom stereocenters. The topological polar surface area (TPSA) is 47.6 Å². The number of rotatable bonds is 2.